The van der Waals surface area contributed by atoms with Crippen LogP contribution in [-0.2, 0) is 0 Å². The number of hydrogen-bond acceptors (Lipinski definition) is 3. The fraction of sp³-hybridized carbons (Fsp3) is 0.421. The van der Waals surface area contributed by atoms with Gasteiger partial charge in [-0.2, -0.15) is 0 Å². The maximum atomic E-state index is 13.2. The summed E-state index contributed by atoms with van der Waals surface area (Å²) in [6.07, 6.45) is 1.24. The van der Waals surface area contributed by atoms with Crippen LogP contribution in [0, 0.1) is 11.2 Å². The topological polar surface area (TPSA) is 26.3 Å². The van der Waals surface area contributed by atoms with Crippen LogP contribution in [0.2, 0.25) is 5.02 Å². The molecule has 0 fully saturated rings. The normalized spacial score (nSPS) is 11.6. The fourth-order valence-corrected chi connectivity index (χ4v) is 3.77. The molecule has 0 spiro atoms. The zero-order chi connectivity index (χ0) is 17.9. The van der Waals surface area contributed by atoms with Crippen molar-refractivity contribution in [3.63, 3.8) is 0 Å². The van der Waals surface area contributed by atoms with Gasteiger partial charge >= 0.3 is 0 Å². The highest BCUT2D eigenvalue weighted by Gasteiger charge is 2.27. The number of Topliss-reactive ketones (excluding diaryl/α,β-unsaturated/α-hetero) is 1. The van der Waals surface area contributed by atoms with Gasteiger partial charge in [-0.05, 0) is 29.5 Å². The maximum Gasteiger partial charge on any atom is 0.177 e. The predicted octanol–water partition coefficient (Wildman–Crippen LogP) is 6.62. The Hall–Kier alpha value is -1.39. The van der Waals surface area contributed by atoms with Gasteiger partial charge in [-0.15, -0.1) is 11.3 Å². The molecule has 0 amide bonds. The molecule has 1 aromatic heterocycles. The molecule has 2 rings (SSSR count). The molecular weight excluding hydrogens is 347 g/mol. The lowest BCUT2D eigenvalue weighted by atomic mass is 9.89. The molecule has 2 aromatic rings. The lowest BCUT2D eigenvalue weighted by molar-refractivity contribution is 0.0940. The van der Waals surface area contributed by atoms with E-state index < -0.39 is 0 Å². The Kier molecular flexibility index (Phi) is 6.05. The van der Waals surface area contributed by atoms with Gasteiger partial charge in [0.15, 0.2) is 11.5 Å². The van der Waals surface area contributed by atoms with Crippen LogP contribution in [0.1, 0.15) is 50.2 Å². The molecule has 0 saturated heterocycles. The van der Waals surface area contributed by atoms with Gasteiger partial charge in [-0.1, -0.05) is 51.4 Å². The summed E-state index contributed by atoms with van der Waals surface area (Å²) in [4.78, 5) is 14.0. The Morgan fingerprint density at radius 2 is 1.88 bits per heavy atom. The lowest BCUT2D eigenvalue weighted by Gasteiger charge is -2.16. The van der Waals surface area contributed by atoms with Gasteiger partial charge in [0.25, 0.3) is 0 Å². The van der Waals surface area contributed by atoms with E-state index in [0.717, 1.165) is 16.9 Å². The largest absolute Gasteiger partial charge is 0.490 e. The zero-order valence-electron chi connectivity index (χ0n) is 14.4. The summed E-state index contributed by atoms with van der Waals surface area (Å²) < 4.78 is 18.9. The summed E-state index contributed by atoms with van der Waals surface area (Å²) in [6, 6.07) is 6.09. The van der Waals surface area contributed by atoms with Crippen LogP contribution in [-0.4, -0.2) is 12.4 Å². The number of thiophene rings is 1. The summed E-state index contributed by atoms with van der Waals surface area (Å²) in [5.74, 6) is 0.170. The summed E-state index contributed by atoms with van der Waals surface area (Å²) in [7, 11) is 0. The Morgan fingerprint density at radius 3 is 2.42 bits per heavy atom. The van der Waals surface area contributed by atoms with Gasteiger partial charge in [0.2, 0.25) is 0 Å². The molecule has 0 radical (unpaired) electrons. The number of hydrogen-bond donors (Lipinski definition) is 0. The highest BCUT2D eigenvalue weighted by atomic mass is 35.5. The Labute approximate surface area is 151 Å². The van der Waals surface area contributed by atoms with Gasteiger partial charge in [0.05, 0.1) is 11.5 Å². The van der Waals surface area contributed by atoms with Crippen LogP contribution >= 0.6 is 22.9 Å². The van der Waals surface area contributed by atoms with Crippen LogP contribution < -0.4 is 4.74 Å². The van der Waals surface area contributed by atoms with Crippen molar-refractivity contribution in [3.05, 3.63) is 40.0 Å². The zero-order valence-corrected chi connectivity index (χ0v) is 16.0. The first-order valence-electron chi connectivity index (χ1n) is 7.97. The second-order valence-electron chi connectivity index (χ2n) is 6.92. The molecule has 130 valence electrons. The van der Waals surface area contributed by atoms with Crippen LogP contribution in [0.5, 0.6) is 5.75 Å². The van der Waals surface area contributed by atoms with Crippen LogP contribution in [0.3, 0.4) is 0 Å². The third kappa shape index (κ3) is 4.58. The van der Waals surface area contributed by atoms with E-state index in [1.165, 1.54) is 23.5 Å². The SMILES string of the molecule is CCCOc1c(C(=O)CC(C)(C)C)sc(-c2ccc(F)cc2)c1Cl. The van der Waals surface area contributed by atoms with Crippen molar-refractivity contribution >= 4 is 28.7 Å². The number of ether oxygens (including phenoxy) is 1. The molecule has 1 heterocycles. The highest BCUT2D eigenvalue weighted by molar-refractivity contribution is 7.18. The molecule has 0 unspecified atom stereocenters. The molecule has 0 aliphatic rings. The third-order valence-electron chi connectivity index (χ3n) is 3.31. The first kappa shape index (κ1) is 18.9. The molecule has 0 aliphatic heterocycles. The van der Waals surface area contributed by atoms with Gasteiger partial charge in [-0.3, -0.25) is 4.79 Å². The van der Waals surface area contributed by atoms with Crippen molar-refractivity contribution < 1.29 is 13.9 Å². The average Bonchev–Trinajstić information content (AvgIpc) is 2.81. The first-order valence-corrected chi connectivity index (χ1v) is 9.16. The highest BCUT2D eigenvalue weighted by Crippen LogP contribution is 2.46. The molecule has 0 aliphatic carbocycles. The first-order chi connectivity index (χ1) is 11.2. The monoisotopic (exact) mass is 368 g/mol. The van der Waals surface area contributed by atoms with E-state index in [2.05, 4.69) is 0 Å². The summed E-state index contributed by atoms with van der Waals surface area (Å²) in [6.45, 7) is 8.56. The number of rotatable bonds is 6. The van der Waals surface area contributed by atoms with Gasteiger partial charge in [0.1, 0.15) is 15.7 Å². The van der Waals surface area contributed by atoms with Crippen molar-refractivity contribution in [2.45, 2.75) is 40.5 Å². The molecule has 1 aromatic carbocycles. The van der Waals surface area contributed by atoms with Crippen molar-refractivity contribution in [1.82, 2.24) is 0 Å². The molecule has 0 bridgehead atoms. The molecule has 24 heavy (non-hydrogen) atoms. The molecule has 2 nitrogen and oxygen atoms in total. The van der Waals surface area contributed by atoms with Crippen LogP contribution in [0.15, 0.2) is 24.3 Å². The summed E-state index contributed by atoms with van der Waals surface area (Å²) >= 11 is 7.81. The van der Waals surface area contributed by atoms with Crippen molar-refractivity contribution in [1.29, 1.82) is 0 Å². The van der Waals surface area contributed by atoms with Crippen molar-refractivity contribution in [2.75, 3.05) is 6.61 Å². The molecule has 5 heteroatoms. The number of benzene rings is 1. The second kappa shape index (κ2) is 7.66. The van der Waals surface area contributed by atoms with E-state index in [-0.39, 0.29) is 17.0 Å². The van der Waals surface area contributed by atoms with E-state index in [1.54, 1.807) is 12.1 Å². The van der Waals surface area contributed by atoms with E-state index in [1.807, 2.05) is 27.7 Å². The fourth-order valence-electron chi connectivity index (χ4n) is 2.26. The number of ketones is 1. The number of carbonyl (C=O) groups is 1. The van der Waals surface area contributed by atoms with E-state index >= 15 is 0 Å². The van der Waals surface area contributed by atoms with Gasteiger partial charge in [-0.25, -0.2) is 4.39 Å². The Balaban J connectivity index is 2.47. The summed E-state index contributed by atoms with van der Waals surface area (Å²) in [5, 5.41) is 0.428. The van der Waals surface area contributed by atoms with Gasteiger partial charge < -0.3 is 4.74 Å². The lowest BCUT2D eigenvalue weighted by Crippen LogP contribution is -2.13. The minimum atomic E-state index is -0.307. The van der Waals surface area contributed by atoms with Crippen LogP contribution in [0.4, 0.5) is 4.39 Å². The van der Waals surface area contributed by atoms with Crippen molar-refractivity contribution in [2.24, 2.45) is 5.41 Å². The molecule has 0 N–H and O–H groups in total. The minimum Gasteiger partial charge on any atom is -0.490 e. The molecule has 0 saturated carbocycles. The second-order valence-corrected chi connectivity index (χ2v) is 8.32. The predicted molar refractivity (Wildman–Crippen MR) is 98.9 cm³/mol. The number of carbonyl (C=O) groups excluding carboxylic acids is 1. The Morgan fingerprint density at radius 1 is 1.25 bits per heavy atom. The minimum absolute atomic E-state index is 0.0221. The van der Waals surface area contributed by atoms with Gasteiger partial charge in [0, 0.05) is 6.42 Å². The smallest absolute Gasteiger partial charge is 0.177 e. The van der Waals surface area contributed by atoms with E-state index in [0.29, 0.717) is 28.7 Å². The Bertz CT molecular complexity index is 714. The van der Waals surface area contributed by atoms with Crippen molar-refractivity contribution in [3.8, 4) is 16.2 Å². The maximum absolute atomic E-state index is 13.2. The standard InChI is InChI=1S/C19H22ClFO2S/c1-5-10-23-16-15(20)17(12-6-8-13(21)9-7-12)24-18(16)14(22)11-19(2,3)4/h6-9H,5,10-11H2,1-4H3. The van der Waals surface area contributed by atoms with Crippen LogP contribution in [0.25, 0.3) is 10.4 Å². The number of halogens is 2. The molecular formula is C19H22ClFO2S. The average molecular weight is 369 g/mol. The van der Waals surface area contributed by atoms with E-state index in [4.69, 9.17) is 16.3 Å². The summed E-state index contributed by atoms with van der Waals surface area (Å²) in [5.41, 5.74) is 0.661. The molecule has 0 atom stereocenters. The van der Waals surface area contributed by atoms with E-state index in [9.17, 15) is 9.18 Å². The third-order valence-corrected chi connectivity index (χ3v) is 5.04. The quantitative estimate of drug-likeness (QED) is 0.536.